The normalized spacial score (nSPS) is 29.7. The van der Waals surface area contributed by atoms with Crippen molar-refractivity contribution in [3.8, 4) is 0 Å². The molecule has 0 aliphatic carbocycles. The highest BCUT2D eigenvalue weighted by molar-refractivity contribution is 5.70. The van der Waals surface area contributed by atoms with Gasteiger partial charge in [0.2, 0.25) is 0 Å². The first kappa shape index (κ1) is 11.9. The van der Waals surface area contributed by atoms with Gasteiger partial charge in [-0.1, -0.05) is 0 Å². The maximum absolute atomic E-state index is 10.8. The van der Waals surface area contributed by atoms with Crippen LogP contribution in [0.1, 0.15) is 19.3 Å². The highest BCUT2D eigenvalue weighted by Crippen LogP contribution is 2.21. The van der Waals surface area contributed by atoms with Crippen molar-refractivity contribution in [3.63, 3.8) is 0 Å². The van der Waals surface area contributed by atoms with Crippen LogP contribution in [-0.4, -0.2) is 60.6 Å². The van der Waals surface area contributed by atoms with E-state index >= 15 is 0 Å². The van der Waals surface area contributed by atoms with Crippen LogP contribution in [0.5, 0.6) is 0 Å². The summed E-state index contributed by atoms with van der Waals surface area (Å²) in [5, 5.41) is 8.92. The molecule has 0 aromatic heterocycles. The molecule has 1 atom stereocenters. The van der Waals surface area contributed by atoms with Gasteiger partial charge >= 0.3 is 5.97 Å². The quantitative estimate of drug-likeness (QED) is 0.770. The van der Waals surface area contributed by atoms with E-state index in [0.29, 0.717) is 0 Å². The van der Waals surface area contributed by atoms with Crippen molar-refractivity contribution in [2.45, 2.75) is 19.3 Å². The molecule has 0 radical (unpaired) electrons. The van der Waals surface area contributed by atoms with Gasteiger partial charge in [0, 0.05) is 13.1 Å². The van der Waals surface area contributed by atoms with Gasteiger partial charge in [0.1, 0.15) is 0 Å². The van der Waals surface area contributed by atoms with Crippen molar-refractivity contribution in [2.75, 3.05) is 39.8 Å². The highest BCUT2D eigenvalue weighted by Gasteiger charge is 2.27. The zero-order chi connectivity index (χ0) is 11.5. The average molecular weight is 226 g/mol. The molecule has 2 fully saturated rings. The summed E-state index contributed by atoms with van der Waals surface area (Å²) in [7, 11) is 2.18. The number of likely N-dealkylation sites (tertiary alicyclic amines) is 2. The minimum atomic E-state index is -0.611. The van der Waals surface area contributed by atoms with Gasteiger partial charge < -0.3 is 14.9 Å². The van der Waals surface area contributed by atoms with E-state index in [2.05, 4.69) is 16.8 Å². The monoisotopic (exact) mass is 226 g/mol. The van der Waals surface area contributed by atoms with Gasteiger partial charge in [0.05, 0.1) is 5.92 Å². The average Bonchev–Trinajstić information content (AvgIpc) is 2.65. The number of carbonyl (C=O) groups is 1. The third-order valence-corrected chi connectivity index (χ3v) is 3.94. The van der Waals surface area contributed by atoms with Crippen molar-refractivity contribution in [3.05, 3.63) is 0 Å². The van der Waals surface area contributed by atoms with Crippen LogP contribution in [0.2, 0.25) is 0 Å². The third-order valence-electron chi connectivity index (χ3n) is 3.94. The maximum atomic E-state index is 10.8. The first-order chi connectivity index (χ1) is 7.65. The molecule has 0 amide bonds. The third kappa shape index (κ3) is 2.95. The van der Waals surface area contributed by atoms with Gasteiger partial charge in [0.15, 0.2) is 0 Å². The first-order valence-corrected chi connectivity index (χ1v) is 6.29. The second-order valence-corrected chi connectivity index (χ2v) is 5.33. The Labute approximate surface area is 97.2 Å². The smallest absolute Gasteiger partial charge is 0.306 e. The van der Waals surface area contributed by atoms with Gasteiger partial charge in [-0.2, -0.15) is 0 Å². The van der Waals surface area contributed by atoms with Crippen LogP contribution in [0.4, 0.5) is 0 Å². The van der Waals surface area contributed by atoms with E-state index in [0.717, 1.165) is 38.4 Å². The fourth-order valence-corrected chi connectivity index (χ4v) is 2.90. The molecular formula is C12H22N2O2. The Morgan fingerprint density at radius 1 is 1.25 bits per heavy atom. The number of carboxylic acid groups (broad SMARTS) is 1. The molecule has 0 aromatic rings. The minimum absolute atomic E-state index is 0.0949. The Hall–Kier alpha value is -0.610. The van der Waals surface area contributed by atoms with E-state index in [1.165, 1.54) is 19.5 Å². The number of carboxylic acids is 1. The highest BCUT2D eigenvalue weighted by atomic mass is 16.4. The fourth-order valence-electron chi connectivity index (χ4n) is 2.90. The van der Waals surface area contributed by atoms with E-state index in [1.54, 1.807) is 0 Å². The number of piperidine rings is 1. The first-order valence-electron chi connectivity index (χ1n) is 6.29. The topological polar surface area (TPSA) is 43.8 Å². The SMILES string of the molecule is CN1CCC(CN2CCC(C(=O)O)CC2)C1. The molecule has 0 saturated carbocycles. The number of aliphatic carboxylic acids is 1. The van der Waals surface area contributed by atoms with Gasteiger partial charge in [-0.3, -0.25) is 4.79 Å². The Morgan fingerprint density at radius 3 is 2.44 bits per heavy atom. The fraction of sp³-hybridized carbons (Fsp3) is 0.917. The lowest BCUT2D eigenvalue weighted by atomic mass is 9.96. The number of hydrogen-bond acceptors (Lipinski definition) is 3. The molecule has 2 rings (SSSR count). The molecule has 4 heteroatoms. The molecule has 2 saturated heterocycles. The van der Waals surface area contributed by atoms with Crippen LogP contribution < -0.4 is 0 Å². The summed E-state index contributed by atoms with van der Waals surface area (Å²) in [6.45, 7) is 5.53. The summed E-state index contributed by atoms with van der Waals surface area (Å²) >= 11 is 0. The van der Waals surface area contributed by atoms with Gasteiger partial charge in [-0.05, 0) is 51.9 Å². The molecule has 16 heavy (non-hydrogen) atoms. The van der Waals surface area contributed by atoms with E-state index in [4.69, 9.17) is 5.11 Å². The van der Waals surface area contributed by atoms with E-state index in [1.807, 2.05) is 0 Å². The standard InChI is InChI=1S/C12H22N2O2/c1-13-5-2-10(8-13)9-14-6-3-11(4-7-14)12(15)16/h10-11H,2-9H2,1H3,(H,15,16). The predicted molar refractivity (Wildman–Crippen MR) is 62.4 cm³/mol. The van der Waals surface area contributed by atoms with Crippen molar-refractivity contribution in [1.29, 1.82) is 0 Å². The summed E-state index contributed by atoms with van der Waals surface area (Å²) in [5.41, 5.74) is 0. The summed E-state index contributed by atoms with van der Waals surface area (Å²) in [5.74, 6) is 0.0918. The van der Waals surface area contributed by atoms with Crippen LogP contribution in [0.15, 0.2) is 0 Å². The summed E-state index contributed by atoms with van der Waals surface area (Å²) in [6.07, 6.45) is 2.96. The van der Waals surface area contributed by atoms with E-state index in [-0.39, 0.29) is 5.92 Å². The zero-order valence-corrected chi connectivity index (χ0v) is 10.1. The number of rotatable bonds is 3. The molecule has 0 bridgehead atoms. The van der Waals surface area contributed by atoms with Crippen LogP contribution >= 0.6 is 0 Å². The second-order valence-electron chi connectivity index (χ2n) is 5.33. The van der Waals surface area contributed by atoms with Crippen molar-refractivity contribution in [2.24, 2.45) is 11.8 Å². The summed E-state index contributed by atoms with van der Waals surface area (Å²) in [6, 6.07) is 0. The lowest BCUT2D eigenvalue weighted by Gasteiger charge is -2.31. The van der Waals surface area contributed by atoms with Crippen molar-refractivity contribution >= 4 is 5.97 Å². The van der Waals surface area contributed by atoms with E-state index < -0.39 is 5.97 Å². The number of nitrogens with zero attached hydrogens (tertiary/aromatic N) is 2. The van der Waals surface area contributed by atoms with Crippen LogP contribution in [-0.2, 0) is 4.79 Å². The Morgan fingerprint density at radius 2 is 1.94 bits per heavy atom. The Balaban J connectivity index is 1.71. The molecule has 2 heterocycles. The van der Waals surface area contributed by atoms with E-state index in [9.17, 15) is 4.79 Å². The maximum Gasteiger partial charge on any atom is 0.306 e. The molecule has 0 aromatic carbocycles. The molecule has 92 valence electrons. The number of hydrogen-bond donors (Lipinski definition) is 1. The molecule has 0 spiro atoms. The second kappa shape index (κ2) is 5.15. The zero-order valence-electron chi connectivity index (χ0n) is 10.1. The molecule has 1 unspecified atom stereocenters. The Bertz CT molecular complexity index is 249. The molecule has 2 aliphatic heterocycles. The van der Waals surface area contributed by atoms with Crippen molar-refractivity contribution in [1.82, 2.24) is 9.80 Å². The Kier molecular flexibility index (Phi) is 3.82. The van der Waals surface area contributed by atoms with Crippen LogP contribution in [0.25, 0.3) is 0 Å². The summed E-state index contributed by atoms with van der Waals surface area (Å²) in [4.78, 5) is 15.7. The van der Waals surface area contributed by atoms with Crippen LogP contribution in [0, 0.1) is 11.8 Å². The van der Waals surface area contributed by atoms with Gasteiger partial charge in [-0.25, -0.2) is 0 Å². The van der Waals surface area contributed by atoms with Crippen molar-refractivity contribution < 1.29 is 9.90 Å². The van der Waals surface area contributed by atoms with Crippen LogP contribution in [0.3, 0.4) is 0 Å². The molecule has 1 N–H and O–H groups in total. The predicted octanol–water partition coefficient (Wildman–Crippen LogP) is 0.735. The molecular weight excluding hydrogens is 204 g/mol. The molecule has 2 aliphatic rings. The van der Waals surface area contributed by atoms with Gasteiger partial charge in [0.25, 0.3) is 0 Å². The summed E-state index contributed by atoms with van der Waals surface area (Å²) < 4.78 is 0. The lowest BCUT2D eigenvalue weighted by molar-refractivity contribution is -0.143. The molecule has 4 nitrogen and oxygen atoms in total. The van der Waals surface area contributed by atoms with Gasteiger partial charge in [-0.15, -0.1) is 0 Å². The largest absolute Gasteiger partial charge is 0.481 e. The lowest BCUT2D eigenvalue weighted by Crippen LogP contribution is -2.39. The minimum Gasteiger partial charge on any atom is -0.481 e.